The van der Waals surface area contributed by atoms with E-state index >= 15 is 0 Å². The van der Waals surface area contributed by atoms with Crippen LogP contribution in [0.1, 0.15) is 31.2 Å². The normalized spacial score (nSPS) is 21.9. The molecule has 0 heterocycles. The number of carboxylic acids is 1. The van der Waals surface area contributed by atoms with Gasteiger partial charge in [-0.2, -0.15) is 0 Å². The van der Waals surface area contributed by atoms with E-state index in [4.69, 9.17) is 0 Å². The summed E-state index contributed by atoms with van der Waals surface area (Å²) in [4.78, 5) is 15.1. The summed E-state index contributed by atoms with van der Waals surface area (Å²) in [6, 6.07) is 4.54. The zero-order valence-corrected chi connectivity index (χ0v) is 14.2. The molecule has 0 atom stereocenters. The number of phenolic OH excluding ortho intramolecular Hbond substituents is 2. The molecule has 0 aromatic heterocycles. The monoisotopic (exact) mass is 299 g/mol. The Bertz CT molecular complexity index is 510. The van der Waals surface area contributed by atoms with Crippen molar-refractivity contribution in [3.63, 3.8) is 0 Å². The van der Waals surface area contributed by atoms with Gasteiger partial charge in [-0.05, 0) is 61.3 Å². The first-order valence-electron chi connectivity index (χ1n) is 6.79. The van der Waals surface area contributed by atoms with Gasteiger partial charge >= 0.3 is 29.6 Å². The topological polar surface area (TPSA) is 93.0 Å². The van der Waals surface area contributed by atoms with E-state index in [2.05, 4.69) is 4.99 Å². The Morgan fingerprint density at radius 3 is 2.48 bits per heavy atom. The number of benzene rings is 1. The third kappa shape index (κ3) is 5.34. The molecule has 108 valence electrons. The van der Waals surface area contributed by atoms with Crippen LogP contribution in [0.15, 0.2) is 23.2 Å². The number of aliphatic imine (C=N–C) groups is 1. The average Bonchev–Trinajstić information content (AvgIpc) is 2.43. The fraction of sp³-hybridized carbons (Fsp3) is 0.467. The summed E-state index contributed by atoms with van der Waals surface area (Å²) in [7, 11) is 0. The first kappa shape index (κ1) is 18.0. The Kier molecular flexibility index (Phi) is 7.22. The zero-order chi connectivity index (χ0) is 14.5. The van der Waals surface area contributed by atoms with Crippen molar-refractivity contribution >= 4 is 12.2 Å². The van der Waals surface area contributed by atoms with Crippen LogP contribution in [0.4, 0.5) is 0 Å². The predicted molar refractivity (Wildman–Crippen MR) is 72.7 cm³/mol. The van der Waals surface area contributed by atoms with Gasteiger partial charge in [-0.1, -0.05) is 0 Å². The Balaban J connectivity index is 0.00000220. The van der Waals surface area contributed by atoms with Crippen LogP contribution in [0.5, 0.6) is 11.5 Å². The molecule has 2 N–H and O–H groups in total. The first-order chi connectivity index (χ1) is 9.56. The molecule has 0 bridgehead atoms. The van der Waals surface area contributed by atoms with Crippen molar-refractivity contribution < 1.29 is 49.7 Å². The van der Waals surface area contributed by atoms with Crippen molar-refractivity contribution in [1.82, 2.24) is 0 Å². The molecule has 1 aliphatic rings. The van der Waals surface area contributed by atoms with Gasteiger partial charge in [0.1, 0.15) is 0 Å². The average molecular weight is 299 g/mol. The number of rotatable bonds is 4. The van der Waals surface area contributed by atoms with Crippen LogP contribution in [0.25, 0.3) is 0 Å². The Morgan fingerprint density at radius 1 is 1.24 bits per heavy atom. The molecule has 0 unspecified atom stereocenters. The van der Waals surface area contributed by atoms with Gasteiger partial charge < -0.3 is 20.1 Å². The molecule has 0 spiro atoms. The number of hydrogen-bond acceptors (Lipinski definition) is 5. The van der Waals surface area contributed by atoms with Gasteiger partial charge in [-0.3, -0.25) is 4.99 Å². The van der Waals surface area contributed by atoms with E-state index in [9.17, 15) is 20.1 Å². The first-order valence-corrected chi connectivity index (χ1v) is 6.79. The van der Waals surface area contributed by atoms with Crippen molar-refractivity contribution in [3.05, 3.63) is 23.8 Å². The molecule has 1 aromatic rings. The third-order valence-corrected chi connectivity index (χ3v) is 3.78. The number of carboxylic acid groups (broad SMARTS) is 1. The quantitative estimate of drug-likeness (QED) is 0.385. The van der Waals surface area contributed by atoms with Gasteiger partial charge in [0.2, 0.25) is 0 Å². The molecule has 1 fully saturated rings. The molecular weight excluding hydrogens is 281 g/mol. The SMILES string of the molecule is O=C([O-])[C@H]1CC[C@H](CN=Cc2ccc(O)c(O)c2)CC1.[Na+]. The maximum Gasteiger partial charge on any atom is 1.00 e. The number of phenols is 2. The summed E-state index contributed by atoms with van der Waals surface area (Å²) < 4.78 is 0. The van der Waals surface area contributed by atoms with E-state index in [0.717, 1.165) is 18.4 Å². The molecule has 1 aliphatic carbocycles. The molecule has 5 nitrogen and oxygen atoms in total. The summed E-state index contributed by atoms with van der Waals surface area (Å²) >= 11 is 0. The van der Waals surface area contributed by atoms with Crippen LogP contribution in [-0.2, 0) is 4.79 Å². The van der Waals surface area contributed by atoms with Crippen LogP contribution in [0.2, 0.25) is 0 Å². The van der Waals surface area contributed by atoms with E-state index in [0.29, 0.717) is 25.3 Å². The number of hydrogen-bond donors (Lipinski definition) is 2. The van der Waals surface area contributed by atoms with Crippen LogP contribution in [0.3, 0.4) is 0 Å². The van der Waals surface area contributed by atoms with Crippen molar-refractivity contribution in [2.24, 2.45) is 16.8 Å². The zero-order valence-electron chi connectivity index (χ0n) is 12.2. The van der Waals surface area contributed by atoms with Gasteiger partial charge in [0.25, 0.3) is 0 Å². The molecular formula is C15H18NNaO4. The van der Waals surface area contributed by atoms with Crippen molar-refractivity contribution in [2.45, 2.75) is 25.7 Å². The maximum atomic E-state index is 10.7. The fourth-order valence-corrected chi connectivity index (χ4v) is 2.51. The molecule has 0 amide bonds. The van der Waals surface area contributed by atoms with Crippen LogP contribution < -0.4 is 34.7 Å². The van der Waals surface area contributed by atoms with Gasteiger partial charge in [-0.15, -0.1) is 0 Å². The molecule has 0 radical (unpaired) electrons. The molecule has 1 aromatic carbocycles. The van der Waals surface area contributed by atoms with Crippen LogP contribution >= 0.6 is 0 Å². The van der Waals surface area contributed by atoms with Gasteiger partial charge in [0, 0.05) is 18.7 Å². The van der Waals surface area contributed by atoms with Gasteiger partial charge in [0.15, 0.2) is 11.5 Å². The second kappa shape index (κ2) is 8.41. The minimum absolute atomic E-state index is 0. The molecule has 2 rings (SSSR count). The number of carbonyl (C=O) groups is 1. The Labute approximate surface area is 146 Å². The summed E-state index contributed by atoms with van der Waals surface area (Å²) in [6.07, 6.45) is 4.71. The molecule has 21 heavy (non-hydrogen) atoms. The van der Waals surface area contributed by atoms with Crippen LogP contribution in [0, 0.1) is 11.8 Å². The Hall–Kier alpha value is -1.04. The van der Waals surface area contributed by atoms with E-state index in [1.807, 2.05) is 0 Å². The summed E-state index contributed by atoms with van der Waals surface area (Å²) in [5.41, 5.74) is 0.726. The van der Waals surface area contributed by atoms with E-state index in [1.54, 1.807) is 12.3 Å². The van der Waals surface area contributed by atoms with Gasteiger partial charge in [0.05, 0.1) is 0 Å². The number of aliphatic carboxylic acids is 1. The van der Waals surface area contributed by atoms with Crippen molar-refractivity contribution in [1.29, 1.82) is 0 Å². The maximum absolute atomic E-state index is 10.7. The minimum atomic E-state index is -0.938. The smallest absolute Gasteiger partial charge is 0.550 e. The predicted octanol–water partition coefficient (Wildman–Crippen LogP) is -1.92. The third-order valence-electron chi connectivity index (χ3n) is 3.78. The van der Waals surface area contributed by atoms with E-state index < -0.39 is 5.97 Å². The number of carbonyl (C=O) groups excluding carboxylic acids is 1. The summed E-state index contributed by atoms with van der Waals surface area (Å²) in [5.74, 6) is -1.14. The number of nitrogens with zero attached hydrogens (tertiary/aromatic N) is 1. The van der Waals surface area contributed by atoms with Crippen LogP contribution in [-0.4, -0.2) is 28.9 Å². The van der Waals surface area contributed by atoms with Crippen molar-refractivity contribution in [3.8, 4) is 11.5 Å². The van der Waals surface area contributed by atoms with Crippen molar-refractivity contribution in [2.75, 3.05) is 6.54 Å². The summed E-state index contributed by atoms with van der Waals surface area (Å²) in [6.45, 7) is 0.654. The number of aromatic hydroxyl groups is 2. The molecule has 0 aliphatic heterocycles. The second-order valence-electron chi connectivity index (χ2n) is 5.28. The van der Waals surface area contributed by atoms with E-state index in [1.165, 1.54) is 12.1 Å². The Morgan fingerprint density at radius 2 is 1.90 bits per heavy atom. The molecule has 0 saturated heterocycles. The fourth-order valence-electron chi connectivity index (χ4n) is 2.51. The molecule has 1 saturated carbocycles. The minimum Gasteiger partial charge on any atom is -0.550 e. The largest absolute Gasteiger partial charge is 1.00 e. The van der Waals surface area contributed by atoms with E-state index in [-0.39, 0.29) is 47.0 Å². The molecule has 6 heteroatoms. The summed E-state index contributed by atoms with van der Waals surface area (Å²) in [5, 5.41) is 29.3. The standard InChI is InChI=1S/C15H19NO4.Na/c17-13-6-3-11(7-14(13)18)9-16-8-10-1-4-12(5-2-10)15(19)20;/h3,6-7,9-10,12,17-18H,1-2,4-5,8H2,(H,19,20);/q;+1/p-1/t10-,12-;. The second-order valence-corrected chi connectivity index (χ2v) is 5.28. The van der Waals surface area contributed by atoms with Gasteiger partial charge in [-0.25, -0.2) is 0 Å².